The summed E-state index contributed by atoms with van der Waals surface area (Å²) in [6.07, 6.45) is -28.4. The van der Waals surface area contributed by atoms with Crippen molar-refractivity contribution in [3.8, 4) is 0 Å². The summed E-state index contributed by atoms with van der Waals surface area (Å²) in [5, 5.41) is 1.84. The molecule has 0 spiro atoms. The van der Waals surface area contributed by atoms with Gasteiger partial charge >= 0.3 is 5.97 Å². The van der Waals surface area contributed by atoms with Crippen LogP contribution in [0.1, 0.15) is 63.8 Å². The predicted octanol–water partition coefficient (Wildman–Crippen LogP) is 5.88. The highest BCUT2D eigenvalue weighted by Gasteiger charge is 2.44. The number of carbonyl (C=O) groups excluding carboxylic acids is 1. The first-order valence-electron chi connectivity index (χ1n) is 16.6. The number of esters is 1. The Morgan fingerprint density at radius 1 is 0.677 bits per heavy atom. The average molecular weight is 448 g/mol. The largest absolute Gasteiger partial charge is 0.469 e. The molecule has 3 aromatic carbocycles. The van der Waals surface area contributed by atoms with Gasteiger partial charge in [0.15, 0.2) is 0 Å². The van der Waals surface area contributed by atoms with E-state index in [2.05, 4.69) is 4.74 Å². The van der Waals surface area contributed by atoms with Gasteiger partial charge in [-0.1, -0.05) is 73.7 Å². The lowest BCUT2D eigenvalue weighted by Gasteiger charge is -2.27. The number of rotatable bonds is 12. The van der Waals surface area contributed by atoms with Crippen molar-refractivity contribution in [3.63, 3.8) is 0 Å². The van der Waals surface area contributed by atoms with Crippen molar-refractivity contribution in [2.75, 3.05) is 13.3 Å². The highest BCUT2D eigenvalue weighted by Crippen LogP contribution is 2.55. The molecule has 3 aromatic rings. The summed E-state index contributed by atoms with van der Waals surface area (Å²) in [5.74, 6) is -1.89. The van der Waals surface area contributed by atoms with Crippen molar-refractivity contribution >= 4 is 29.1 Å². The molecule has 31 heavy (non-hydrogen) atoms. The van der Waals surface area contributed by atoms with Crippen LogP contribution in [0.15, 0.2) is 91.0 Å². The molecule has 3 rings (SSSR count). The molecule has 2 nitrogen and oxygen atoms in total. The highest BCUT2D eigenvalue weighted by atomic mass is 31.2. The lowest BCUT2D eigenvalue weighted by atomic mass is 10.1. The molecule has 0 N–H and O–H groups in total. The van der Waals surface area contributed by atoms with E-state index in [9.17, 15) is 4.79 Å². The molecule has 0 aromatic heterocycles. The molecule has 3 heteroatoms. The van der Waals surface area contributed by atoms with Gasteiger partial charge in [0.25, 0.3) is 0 Å². The number of ether oxygens (including phenoxy) is 1. The Morgan fingerprint density at radius 2 is 1.06 bits per heavy atom. The molecule has 0 unspecified atom stereocenters. The lowest BCUT2D eigenvalue weighted by molar-refractivity contribution is -0.140. The van der Waals surface area contributed by atoms with E-state index >= 15 is 0 Å². The summed E-state index contributed by atoms with van der Waals surface area (Å²) < 4.78 is 123. The third kappa shape index (κ3) is 6.28. The van der Waals surface area contributed by atoms with E-state index in [1.165, 1.54) is 0 Å². The first-order chi connectivity index (χ1) is 20.5. The van der Waals surface area contributed by atoms with E-state index in [1.807, 2.05) is 0 Å². The number of methoxy groups -OCH3 is 1. The monoisotopic (exact) mass is 447 g/mol. The standard InChI is InChI=1S/C28H34O2P/c1-30-28(29)23-15-4-2-3-5-16-24-31(25-17-9-6-10-18-25,26-19-11-7-12-20-26)27-21-13-8-14-22-27/h6-14,17-22H,2-5,15-16,23-24H2,1H3/q+1/i2D2,3D2,4D2,5D2,15D2,16D2,23D2. The second-order valence-electron chi connectivity index (χ2n) is 6.39. The van der Waals surface area contributed by atoms with Gasteiger partial charge in [0, 0.05) is 25.6 Å². The van der Waals surface area contributed by atoms with Crippen molar-refractivity contribution < 1.29 is 28.7 Å². The molecule has 0 bridgehead atoms. The fraction of sp³-hybridized carbons (Fsp3) is 0.321. The zero-order valence-electron chi connectivity index (χ0n) is 31.1. The Morgan fingerprint density at radius 3 is 1.48 bits per heavy atom. The van der Waals surface area contributed by atoms with Crippen LogP contribution < -0.4 is 15.9 Å². The normalized spacial score (nSPS) is 21.2. The second-order valence-corrected chi connectivity index (χ2v) is 9.88. The van der Waals surface area contributed by atoms with E-state index in [0.29, 0.717) is 23.0 Å². The predicted molar refractivity (Wildman–Crippen MR) is 134 cm³/mol. The van der Waals surface area contributed by atoms with Crippen molar-refractivity contribution in [1.29, 1.82) is 0 Å². The first-order valence-corrected chi connectivity index (χ1v) is 11.6. The van der Waals surface area contributed by atoms with Gasteiger partial charge in [-0.05, 0) is 55.5 Å². The number of carbonyl (C=O) groups is 1. The van der Waals surface area contributed by atoms with Crippen LogP contribution in [0.5, 0.6) is 0 Å². The first kappa shape index (κ1) is 10.9. The lowest BCUT2D eigenvalue weighted by Crippen LogP contribution is -2.33. The third-order valence-corrected chi connectivity index (χ3v) is 8.77. The molecule has 0 fully saturated rings. The van der Waals surface area contributed by atoms with Gasteiger partial charge in [0.2, 0.25) is 0 Å². The van der Waals surface area contributed by atoms with Crippen LogP contribution in [0, 0.1) is 0 Å². The van der Waals surface area contributed by atoms with E-state index < -0.39 is 64.0 Å². The summed E-state index contributed by atoms with van der Waals surface area (Å²) in [4.78, 5) is 12.1. The molecule has 0 aliphatic rings. The summed E-state index contributed by atoms with van der Waals surface area (Å²) in [6.45, 7) is 0. The highest BCUT2D eigenvalue weighted by molar-refractivity contribution is 7.95. The Kier molecular flexibility index (Phi) is 4.38. The minimum Gasteiger partial charge on any atom is -0.469 e. The molecule has 0 heterocycles. The molecule has 0 saturated heterocycles. The van der Waals surface area contributed by atoms with Crippen molar-refractivity contribution in [1.82, 2.24) is 0 Å². The Bertz CT molecular complexity index is 1370. The molecule has 0 saturated carbocycles. The topological polar surface area (TPSA) is 26.3 Å². The second kappa shape index (κ2) is 12.4. The molecular formula is C28H34O2P+. The van der Waals surface area contributed by atoms with Crippen LogP contribution in [-0.4, -0.2) is 19.2 Å². The smallest absolute Gasteiger partial charge is 0.305 e. The summed E-state index contributed by atoms with van der Waals surface area (Å²) in [6, 6.07) is 26.1. The Hall–Kier alpha value is -2.44. The Labute approximate surface area is 207 Å². The number of hydrogen-bond donors (Lipinski definition) is 0. The van der Waals surface area contributed by atoms with Gasteiger partial charge in [-0.2, -0.15) is 0 Å². The maximum absolute atomic E-state index is 12.1. The number of benzene rings is 3. The van der Waals surface area contributed by atoms with Gasteiger partial charge in [0.05, 0.1) is 13.3 Å². The minimum absolute atomic E-state index is 0.614. The van der Waals surface area contributed by atoms with E-state index in [0.717, 1.165) is 0 Å². The van der Waals surface area contributed by atoms with Gasteiger partial charge < -0.3 is 4.74 Å². The molecule has 0 aliphatic heterocycles. The van der Waals surface area contributed by atoms with Crippen molar-refractivity contribution in [2.24, 2.45) is 0 Å². The van der Waals surface area contributed by atoms with Gasteiger partial charge in [-0.25, -0.2) is 0 Å². The molecule has 0 aliphatic carbocycles. The minimum atomic E-state index is -4.25. The quantitative estimate of drug-likeness (QED) is 0.256. The molecule has 162 valence electrons. The SMILES string of the molecule is [2H]C([2H])(C[P+](c1ccccc1)(c1ccccc1)c1ccccc1)C([2H])([2H])C([2H])([2H])C([2H])([2H])C([2H])([2H])C([2H])([2H])C([2H])([2H])C(=O)OC. The van der Waals surface area contributed by atoms with E-state index in [1.54, 1.807) is 91.0 Å². The fourth-order valence-corrected chi connectivity index (χ4v) is 7.00. The van der Waals surface area contributed by atoms with Gasteiger partial charge in [0.1, 0.15) is 23.2 Å². The van der Waals surface area contributed by atoms with Gasteiger partial charge in [-0.3, -0.25) is 4.79 Å². The summed E-state index contributed by atoms with van der Waals surface area (Å²) in [5.41, 5.74) is 0. The van der Waals surface area contributed by atoms with Crippen molar-refractivity contribution in [3.05, 3.63) is 91.0 Å². The van der Waals surface area contributed by atoms with Crippen molar-refractivity contribution in [2.45, 2.75) is 44.6 Å². The number of hydrogen-bond acceptors (Lipinski definition) is 2. The molecule has 0 radical (unpaired) electrons. The maximum Gasteiger partial charge on any atom is 0.305 e. The van der Waals surface area contributed by atoms with Crippen LogP contribution in [0.2, 0.25) is 0 Å². The van der Waals surface area contributed by atoms with Crippen LogP contribution in [0.4, 0.5) is 0 Å². The molecular weight excluding hydrogens is 399 g/mol. The summed E-state index contributed by atoms with van der Waals surface area (Å²) >= 11 is 0. The zero-order chi connectivity index (χ0) is 34.3. The fourth-order valence-electron chi connectivity index (χ4n) is 3.20. The average Bonchev–Trinajstić information content (AvgIpc) is 3.00. The van der Waals surface area contributed by atoms with Crippen LogP contribution in [0.25, 0.3) is 0 Å². The molecule has 0 atom stereocenters. The maximum atomic E-state index is 12.1. The Balaban J connectivity index is 2.27. The third-order valence-electron chi connectivity index (χ3n) is 4.60. The summed E-state index contributed by atoms with van der Waals surface area (Å²) in [7, 11) is -2.50. The van der Waals surface area contributed by atoms with Crippen LogP contribution in [0.3, 0.4) is 0 Å². The molecule has 0 amide bonds. The van der Waals surface area contributed by atoms with E-state index in [4.69, 9.17) is 19.2 Å². The zero-order valence-corrected chi connectivity index (χ0v) is 18.0. The van der Waals surface area contributed by atoms with Gasteiger partial charge in [-0.15, -0.1) is 0 Å². The van der Waals surface area contributed by atoms with E-state index in [-0.39, 0.29) is 0 Å². The van der Waals surface area contributed by atoms with Crippen LogP contribution in [-0.2, 0) is 9.53 Å². The van der Waals surface area contributed by atoms with Crippen LogP contribution >= 0.6 is 7.26 Å².